The highest BCUT2D eigenvalue weighted by Crippen LogP contribution is 2.31. The number of rotatable bonds is 3. The van der Waals surface area contributed by atoms with Crippen molar-refractivity contribution in [3.63, 3.8) is 0 Å². The second-order valence-electron chi connectivity index (χ2n) is 3.91. The third-order valence-corrected chi connectivity index (χ3v) is 3.42. The summed E-state index contributed by atoms with van der Waals surface area (Å²) in [6.45, 7) is 0. The first-order valence-corrected chi connectivity index (χ1v) is 6.56. The van der Waals surface area contributed by atoms with Gasteiger partial charge in [-0.25, -0.2) is 18.7 Å². The van der Waals surface area contributed by atoms with Gasteiger partial charge >= 0.3 is 0 Å². The molecule has 3 rings (SSSR count). The topological polar surface area (TPSA) is 51.0 Å². The van der Waals surface area contributed by atoms with Gasteiger partial charge in [-0.1, -0.05) is 12.1 Å². The molecule has 0 aliphatic carbocycles. The Morgan fingerprint density at radius 2 is 1.95 bits per heavy atom. The van der Waals surface area contributed by atoms with Crippen LogP contribution in [-0.2, 0) is 0 Å². The number of pyridine rings is 1. The Morgan fingerprint density at radius 1 is 1.15 bits per heavy atom. The summed E-state index contributed by atoms with van der Waals surface area (Å²) in [5, 5.41) is 2.82. The van der Waals surface area contributed by atoms with Crippen molar-refractivity contribution in [3.05, 3.63) is 42.0 Å². The Balaban J connectivity index is 1.98. The Morgan fingerprint density at radius 3 is 2.70 bits per heavy atom. The van der Waals surface area contributed by atoms with Crippen LogP contribution in [0.15, 0.2) is 45.0 Å². The van der Waals surface area contributed by atoms with Crippen LogP contribution in [0.4, 0.5) is 14.6 Å². The van der Waals surface area contributed by atoms with E-state index in [1.807, 2.05) is 12.1 Å². The molecule has 0 atom stereocenters. The predicted octanol–water partition coefficient (Wildman–Crippen LogP) is 3.69. The summed E-state index contributed by atoms with van der Waals surface area (Å²) in [7, 11) is 1.51. The molecule has 1 N–H and O–H groups in total. The van der Waals surface area contributed by atoms with Crippen LogP contribution in [-0.4, -0.2) is 17.0 Å². The second kappa shape index (κ2) is 5.09. The summed E-state index contributed by atoms with van der Waals surface area (Å²) in [6.07, 6.45) is 0. The monoisotopic (exact) mass is 293 g/mol. The molecule has 7 heteroatoms. The van der Waals surface area contributed by atoms with E-state index in [2.05, 4.69) is 15.3 Å². The van der Waals surface area contributed by atoms with Crippen molar-refractivity contribution in [3.8, 4) is 0 Å². The Kier molecular flexibility index (Phi) is 3.27. The number of halogens is 2. The Bertz CT molecular complexity index is 742. The van der Waals surface area contributed by atoms with Crippen LogP contribution in [0.2, 0.25) is 0 Å². The van der Waals surface area contributed by atoms with Crippen LogP contribution < -0.4 is 5.32 Å². The Labute approximate surface area is 117 Å². The lowest BCUT2D eigenvalue weighted by Crippen LogP contribution is -1.99. The minimum atomic E-state index is -0.756. The molecule has 0 saturated heterocycles. The smallest absolute Gasteiger partial charge is 0.263 e. The van der Waals surface area contributed by atoms with Crippen LogP contribution in [0, 0.1) is 11.6 Å². The van der Waals surface area contributed by atoms with Crippen molar-refractivity contribution in [1.82, 2.24) is 9.97 Å². The van der Waals surface area contributed by atoms with E-state index in [0.29, 0.717) is 11.1 Å². The molecule has 0 radical (unpaired) electrons. The minimum absolute atomic E-state index is 0.00214. The summed E-state index contributed by atoms with van der Waals surface area (Å²) < 4.78 is 32.5. The lowest BCUT2D eigenvalue weighted by Gasteiger charge is -2.04. The molecule has 0 spiro atoms. The van der Waals surface area contributed by atoms with E-state index in [9.17, 15) is 8.78 Å². The molecule has 0 saturated carbocycles. The van der Waals surface area contributed by atoms with Gasteiger partial charge in [0, 0.05) is 13.1 Å². The quantitative estimate of drug-likeness (QED) is 0.798. The van der Waals surface area contributed by atoms with E-state index in [0.717, 1.165) is 17.8 Å². The van der Waals surface area contributed by atoms with Gasteiger partial charge in [0.1, 0.15) is 10.5 Å². The molecule has 20 heavy (non-hydrogen) atoms. The maximum atomic E-state index is 13.7. The number of hydrogen-bond acceptors (Lipinski definition) is 5. The number of hydrogen-bond donors (Lipinski definition) is 1. The van der Waals surface area contributed by atoms with Gasteiger partial charge in [0.05, 0.1) is 0 Å². The van der Waals surface area contributed by atoms with E-state index in [1.165, 1.54) is 7.05 Å². The van der Waals surface area contributed by atoms with Crippen LogP contribution >= 0.6 is 11.8 Å². The normalized spacial score (nSPS) is 10.9. The molecule has 2 heterocycles. The molecule has 4 nitrogen and oxygen atoms in total. The standard InChI is InChI=1S/C13H9F2N3OS/c1-16-11-7(14)6-8(15)12(18-11)20-13-17-9-4-2-3-5-10(9)19-13/h2-6H,1H3,(H,16,18). The fraction of sp³-hybridized carbons (Fsp3) is 0.0769. The van der Waals surface area contributed by atoms with E-state index in [1.54, 1.807) is 12.1 Å². The number of para-hydroxylation sites is 2. The summed E-state index contributed by atoms with van der Waals surface area (Å²) in [5.74, 6) is -1.52. The minimum Gasteiger partial charge on any atom is -0.431 e. The van der Waals surface area contributed by atoms with Gasteiger partial charge in [-0.05, 0) is 23.9 Å². The number of aromatic nitrogens is 2. The second-order valence-corrected chi connectivity index (χ2v) is 4.85. The molecule has 0 aliphatic rings. The van der Waals surface area contributed by atoms with Gasteiger partial charge in [-0.2, -0.15) is 0 Å². The van der Waals surface area contributed by atoms with Gasteiger partial charge in [0.25, 0.3) is 5.22 Å². The predicted molar refractivity (Wildman–Crippen MR) is 71.8 cm³/mol. The number of nitrogens with zero attached hydrogens (tertiary/aromatic N) is 2. The zero-order chi connectivity index (χ0) is 14.1. The number of oxazole rings is 1. The molecule has 0 fully saturated rings. The summed E-state index contributed by atoms with van der Waals surface area (Å²) in [6, 6.07) is 7.98. The third kappa shape index (κ3) is 2.32. The van der Waals surface area contributed by atoms with Gasteiger partial charge in [-0.3, -0.25) is 0 Å². The number of nitrogens with one attached hydrogen (secondary N) is 1. The molecule has 0 amide bonds. The van der Waals surface area contributed by atoms with Crippen LogP contribution in [0.3, 0.4) is 0 Å². The molecule has 0 unspecified atom stereocenters. The van der Waals surface area contributed by atoms with Crippen LogP contribution in [0.1, 0.15) is 0 Å². The van der Waals surface area contributed by atoms with Crippen molar-refractivity contribution in [2.45, 2.75) is 10.2 Å². The molecule has 102 valence electrons. The fourth-order valence-corrected chi connectivity index (χ4v) is 2.41. The maximum absolute atomic E-state index is 13.7. The van der Waals surface area contributed by atoms with E-state index in [4.69, 9.17) is 4.42 Å². The zero-order valence-electron chi connectivity index (χ0n) is 10.4. The maximum Gasteiger partial charge on any atom is 0.263 e. The van der Waals surface area contributed by atoms with Crippen molar-refractivity contribution >= 4 is 28.7 Å². The van der Waals surface area contributed by atoms with Crippen LogP contribution in [0.25, 0.3) is 11.1 Å². The molecule has 0 bridgehead atoms. The largest absolute Gasteiger partial charge is 0.431 e. The average Bonchev–Trinajstić information content (AvgIpc) is 2.84. The van der Waals surface area contributed by atoms with Crippen molar-refractivity contribution in [2.75, 3.05) is 12.4 Å². The lowest BCUT2D eigenvalue weighted by molar-refractivity contribution is 0.487. The lowest BCUT2D eigenvalue weighted by atomic mass is 10.3. The molecular weight excluding hydrogens is 284 g/mol. The molecule has 2 aromatic heterocycles. The summed E-state index contributed by atoms with van der Waals surface area (Å²) in [4.78, 5) is 8.06. The van der Waals surface area contributed by atoms with Crippen molar-refractivity contribution in [1.29, 1.82) is 0 Å². The molecule has 1 aromatic carbocycles. The summed E-state index contributed by atoms with van der Waals surface area (Å²) in [5.41, 5.74) is 1.28. The van der Waals surface area contributed by atoms with Gasteiger partial charge < -0.3 is 9.73 Å². The first kappa shape index (κ1) is 12.9. The average molecular weight is 293 g/mol. The van der Waals surface area contributed by atoms with Gasteiger partial charge in [0.15, 0.2) is 23.0 Å². The van der Waals surface area contributed by atoms with E-state index < -0.39 is 11.6 Å². The third-order valence-electron chi connectivity index (χ3n) is 2.59. The van der Waals surface area contributed by atoms with E-state index >= 15 is 0 Å². The van der Waals surface area contributed by atoms with Crippen molar-refractivity contribution in [2.24, 2.45) is 0 Å². The van der Waals surface area contributed by atoms with Crippen LogP contribution in [0.5, 0.6) is 0 Å². The first-order valence-electron chi connectivity index (χ1n) is 5.74. The summed E-state index contributed by atoms with van der Waals surface area (Å²) >= 11 is 0.908. The zero-order valence-corrected chi connectivity index (χ0v) is 11.2. The highest BCUT2D eigenvalue weighted by molar-refractivity contribution is 7.99. The SMILES string of the molecule is CNc1nc(Sc2nc3ccccc3o2)c(F)cc1F. The highest BCUT2D eigenvalue weighted by Gasteiger charge is 2.15. The first-order chi connectivity index (χ1) is 9.67. The van der Waals surface area contributed by atoms with Gasteiger partial charge in [0.2, 0.25) is 0 Å². The molecule has 0 aliphatic heterocycles. The molecule has 3 aromatic rings. The number of fused-ring (bicyclic) bond motifs is 1. The fourth-order valence-electron chi connectivity index (χ4n) is 1.67. The molecular formula is C13H9F2N3OS. The number of benzene rings is 1. The Hall–Kier alpha value is -2.15. The van der Waals surface area contributed by atoms with Gasteiger partial charge in [-0.15, -0.1) is 0 Å². The van der Waals surface area contributed by atoms with Crippen molar-refractivity contribution < 1.29 is 13.2 Å². The number of anilines is 1. The highest BCUT2D eigenvalue weighted by atomic mass is 32.2. The van der Waals surface area contributed by atoms with E-state index in [-0.39, 0.29) is 16.1 Å².